The van der Waals surface area contributed by atoms with E-state index >= 15 is 0 Å². The summed E-state index contributed by atoms with van der Waals surface area (Å²) >= 11 is 9.25. The van der Waals surface area contributed by atoms with E-state index in [1.807, 2.05) is 0 Å². The lowest BCUT2D eigenvalue weighted by atomic mass is 10.2. The van der Waals surface area contributed by atoms with Gasteiger partial charge in [0, 0.05) is 16.7 Å². The minimum Gasteiger partial charge on any atom is -0.364 e. The number of carbonyl (C=O) groups excluding carboxylic acids is 1. The molecule has 1 aliphatic rings. The van der Waals surface area contributed by atoms with E-state index in [2.05, 4.69) is 21.2 Å². The molecule has 98 valence electrons. The number of ether oxygens (including phenoxy) is 1. The molecule has 0 bridgehead atoms. The van der Waals surface area contributed by atoms with Crippen molar-refractivity contribution in [2.24, 2.45) is 5.73 Å². The first-order valence-corrected chi connectivity index (χ1v) is 6.88. The van der Waals surface area contributed by atoms with Crippen LogP contribution in [0.25, 0.3) is 0 Å². The second kappa shape index (κ2) is 6.02. The molecular weight excluding hydrogens is 320 g/mol. The van der Waals surface area contributed by atoms with Crippen molar-refractivity contribution >= 4 is 39.1 Å². The monoisotopic (exact) mass is 332 g/mol. The first-order valence-electron chi connectivity index (χ1n) is 5.71. The number of halogens is 2. The van der Waals surface area contributed by atoms with Gasteiger partial charge in [-0.15, -0.1) is 0 Å². The van der Waals surface area contributed by atoms with Crippen molar-refractivity contribution in [3.63, 3.8) is 0 Å². The number of nitrogens with one attached hydrogen (secondary N) is 1. The smallest absolute Gasteiger partial charge is 0.253 e. The van der Waals surface area contributed by atoms with E-state index in [0.29, 0.717) is 23.7 Å². The highest BCUT2D eigenvalue weighted by Crippen LogP contribution is 2.26. The van der Waals surface area contributed by atoms with Crippen LogP contribution in [0.2, 0.25) is 5.02 Å². The molecule has 18 heavy (non-hydrogen) atoms. The molecule has 1 aromatic carbocycles. The zero-order chi connectivity index (χ0) is 13.1. The third-order valence-corrected chi connectivity index (χ3v) is 4.08. The molecule has 0 radical (unpaired) electrons. The number of benzene rings is 1. The van der Waals surface area contributed by atoms with Crippen molar-refractivity contribution in [2.45, 2.75) is 25.0 Å². The highest BCUT2D eigenvalue weighted by atomic mass is 79.9. The van der Waals surface area contributed by atoms with Gasteiger partial charge in [-0.25, -0.2) is 0 Å². The number of nitrogens with two attached hydrogens (primary N) is 1. The molecule has 4 nitrogen and oxygen atoms in total. The molecule has 0 aromatic heterocycles. The van der Waals surface area contributed by atoms with Crippen molar-refractivity contribution in [2.75, 3.05) is 11.9 Å². The van der Waals surface area contributed by atoms with Gasteiger partial charge in [-0.05, 0) is 47.0 Å². The zero-order valence-corrected chi connectivity index (χ0v) is 12.0. The predicted molar refractivity (Wildman–Crippen MR) is 74.7 cm³/mol. The number of hydrogen-bond donors (Lipinski definition) is 2. The lowest BCUT2D eigenvalue weighted by Gasteiger charge is -2.13. The molecule has 2 atom stereocenters. The van der Waals surface area contributed by atoms with E-state index in [0.717, 1.165) is 10.9 Å². The van der Waals surface area contributed by atoms with E-state index in [1.165, 1.54) is 0 Å². The van der Waals surface area contributed by atoms with Gasteiger partial charge in [-0.2, -0.15) is 0 Å². The van der Waals surface area contributed by atoms with Crippen molar-refractivity contribution in [3.8, 4) is 0 Å². The fraction of sp³-hybridized carbons (Fsp3) is 0.417. The maximum Gasteiger partial charge on any atom is 0.253 e. The van der Waals surface area contributed by atoms with Gasteiger partial charge in [-0.1, -0.05) is 11.6 Å². The number of amides is 1. The van der Waals surface area contributed by atoms with Gasteiger partial charge in [0.2, 0.25) is 0 Å². The van der Waals surface area contributed by atoms with Crippen LogP contribution < -0.4 is 11.1 Å². The second-order valence-electron chi connectivity index (χ2n) is 4.18. The van der Waals surface area contributed by atoms with Crippen LogP contribution in [0.15, 0.2) is 22.7 Å². The Labute approximate surface area is 119 Å². The quantitative estimate of drug-likeness (QED) is 0.893. The van der Waals surface area contributed by atoms with Crippen LogP contribution in [0, 0.1) is 0 Å². The minimum atomic E-state index is -0.416. The van der Waals surface area contributed by atoms with Gasteiger partial charge in [0.15, 0.2) is 0 Å². The Balaban J connectivity index is 1.97. The van der Waals surface area contributed by atoms with Crippen molar-refractivity contribution in [3.05, 3.63) is 27.7 Å². The molecule has 1 heterocycles. The molecule has 0 aliphatic carbocycles. The number of anilines is 1. The molecule has 6 heteroatoms. The summed E-state index contributed by atoms with van der Waals surface area (Å²) in [6.07, 6.45) is 1.11. The molecule has 1 amide bonds. The summed E-state index contributed by atoms with van der Waals surface area (Å²) in [4.78, 5) is 11.9. The summed E-state index contributed by atoms with van der Waals surface area (Å²) < 4.78 is 6.31. The van der Waals surface area contributed by atoms with E-state index in [4.69, 9.17) is 22.1 Å². The summed E-state index contributed by atoms with van der Waals surface area (Å²) in [5.41, 5.74) is 6.17. The predicted octanol–water partition coefficient (Wildman–Crippen LogP) is 2.55. The van der Waals surface area contributed by atoms with Crippen molar-refractivity contribution in [1.82, 2.24) is 0 Å². The van der Waals surface area contributed by atoms with Crippen molar-refractivity contribution in [1.29, 1.82) is 0 Å². The Hall–Kier alpha value is -0.620. The van der Waals surface area contributed by atoms with Crippen LogP contribution in [-0.2, 0) is 9.53 Å². The lowest BCUT2D eigenvalue weighted by molar-refractivity contribution is -0.126. The summed E-state index contributed by atoms with van der Waals surface area (Å²) in [7, 11) is 0. The third-order valence-electron chi connectivity index (χ3n) is 2.85. The molecule has 0 saturated carbocycles. The Bertz CT molecular complexity index is 456. The minimum absolute atomic E-state index is 0.00532. The lowest BCUT2D eigenvalue weighted by Crippen LogP contribution is -2.29. The first kappa shape index (κ1) is 13.8. The van der Waals surface area contributed by atoms with Crippen LogP contribution in [-0.4, -0.2) is 24.7 Å². The van der Waals surface area contributed by atoms with Crippen LogP contribution in [0.3, 0.4) is 0 Å². The summed E-state index contributed by atoms with van der Waals surface area (Å²) in [6.45, 7) is 0.452. The SMILES string of the molecule is NCC1CCC(C(=O)Nc2ccc(Br)c(Cl)c2)O1. The fourth-order valence-electron chi connectivity index (χ4n) is 1.87. The molecule has 2 rings (SSSR count). The maximum absolute atomic E-state index is 11.9. The molecule has 1 aliphatic heterocycles. The summed E-state index contributed by atoms with van der Waals surface area (Å²) in [5.74, 6) is -0.149. The van der Waals surface area contributed by atoms with Gasteiger partial charge < -0.3 is 15.8 Å². The van der Waals surface area contributed by atoms with E-state index in [-0.39, 0.29) is 12.0 Å². The second-order valence-corrected chi connectivity index (χ2v) is 5.44. The molecule has 1 aromatic rings. The fourth-order valence-corrected chi connectivity index (χ4v) is 2.30. The van der Waals surface area contributed by atoms with E-state index < -0.39 is 6.10 Å². The van der Waals surface area contributed by atoms with Crippen LogP contribution in [0.5, 0.6) is 0 Å². The largest absolute Gasteiger partial charge is 0.364 e. The molecule has 1 fully saturated rings. The Morgan fingerprint density at radius 1 is 1.56 bits per heavy atom. The zero-order valence-electron chi connectivity index (χ0n) is 9.66. The topological polar surface area (TPSA) is 64.4 Å². The first-order chi connectivity index (χ1) is 8.60. The molecular formula is C12H14BrClN2O2. The molecule has 3 N–H and O–H groups in total. The Morgan fingerprint density at radius 2 is 2.33 bits per heavy atom. The van der Waals surface area contributed by atoms with Gasteiger partial charge in [-0.3, -0.25) is 4.79 Å². The van der Waals surface area contributed by atoms with Crippen molar-refractivity contribution < 1.29 is 9.53 Å². The number of hydrogen-bond acceptors (Lipinski definition) is 3. The van der Waals surface area contributed by atoms with Crippen LogP contribution in [0.4, 0.5) is 5.69 Å². The molecule has 0 spiro atoms. The average Bonchev–Trinajstić information content (AvgIpc) is 2.82. The summed E-state index contributed by atoms with van der Waals surface area (Å²) in [6, 6.07) is 5.26. The van der Waals surface area contributed by atoms with Gasteiger partial charge in [0.05, 0.1) is 11.1 Å². The van der Waals surface area contributed by atoms with Gasteiger partial charge in [0.1, 0.15) is 6.10 Å². The molecule has 1 saturated heterocycles. The Kier molecular flexibility index (Phi) is 4.61. The van der Waals surface area contributed by atoms with E-state index in [1.54, 1.807) is 18.2 Å². The molecule has 2 unspecified atom stereocenters. The summed E-state index contributed by atoms with van der Waals surface area (Å²) in [5, 5.41) is 3.34. The van der Waals surface area contributed by atoms with Crippen LogP contribution >= 0.6 is 27.5 Å². The normalized spacial score (nSPS) is 23.1. The van der Waals surface area contributed by atoms with E-state index in [9.17, 15) is 4.79 Å². The van der Waals surface area contributed by atoms with Gasteiger partial charge in [0.25, 0.3) is 5.91 Å². The van der Waals surface area contributed by atoms with Gasteiger partial charge >= 0.3 is 0 Å². The highest BCUT2D eigenvalue weighted by molar-refractivity contribution is 9.10. The standard InChI is InChI=1S/C12H14BrClN2O2/c13-9-3-1-7(5-10(9)14)16-12(17)11-4-2-8(6-15)18-11/h1,3,5,8,11H,2,4,6,15H2,(H,16,17). The third kappa shape index (κ3) is 3.23. The number of rotatable bonds is 3. The number of carbonyl (C=O) groups is 1. The Morgan fingerprint density at radius 3 is 2.94 bits per heavy atom. The highest BCUT2D eigenvalue weighted by Gasteiger charge is 2.29. The average molecular weight is 334 g/mol. The maximum atomic E-state index is 11.9. The van der Waals surface area contributed by atoms with Crippen LogP contribution in [0.1, 0.15) is 12.8 Å².